The molecule has 6 heteroatoms. The van der Waals surface area contributed by atoms with Crippen LogP contribution in [0.4, 0.5) is 0 Å². The molecule has 29 heavy (non-hydrogen) atoms. The van der Waals surface area contributed by atoms with Gasteiger partial charge in [-0.2, -0.15) is 0 Å². The molecule has 0 bridgehead atoms. The molecule has 3 rings (SSSR count). The first kappa shape index (κ1) is 20.6. The summed E-state index contributed by atoms with van der Waals surface area (Å²) in [7, 11) is 0. The monoisotopic (exact) mass is 395 g/mol. The summed E-state index contributed by atoms with van der Waals surface area (Å²) in [6, 6.07) is 14.3. The summed E-state index contributed by atoms with van der Waals surface area (Å²) in [6.07, 6.45) is -0.940. The average Bonchev–Trinajstić information content (AvgIpc) is 3.00. The number of hydrogen-bond acceptors (Lipinski definition) is 5. The summed E-state index contributed by atoms with van der Waals surface area (Å²) < 4.78 is 11.8. The minimum Gasteiger partial charge on any atom is -0.454 e. The van der Waals surface area contributed by atoms with E-state index >= 15 is 0 Å². The van der Waals surface area contributed by atoms with Crippen molar-refractivity contribution in [3.63, 3.8) is 0 Å². The number of nitrogens with zero attached hydrogens (tertiary/aromatic N) is 1. The minimum absolute atomic E-state index is 0.00496. The van der Waals surface area contributed by atoms with Crippen molar-refractivity contribution in [2.24, 2.45) is 0 Å². The van der Waals surface area contributed by atoms with Gasteiger partial charge in [0.25, 0.3) is 0 Å². The zero-order valence-electron chi connectivity index (χ0n) is 17.1. The normalized spacial score (nSPS) is 12.7. The van der Waals surface area contributed by atoms with Gasteiger partial charge in [-0.3, -0.25) is 14.2 Å². The van der Waals surface area contributed by atoms with Crippen LogP contribution in [0.25, 0.3) is 11.1 Å². The van der Waals surface area contributed by atoms with E-state index in [1.807, 2.05) is 12.1 Å². The SMILES string of the molecule is C[C@@H](OC(=O)CCn1c(=O)oc2ccccc21)C(=O)c1ccc(C(C)(C)C)cc1. The number of para-hydroxylation sites is 2. The van der Waals surface area contributed by atoms with Gasteiger partial charge < -0.3 is 9.15 Å². The Hall–Kier alpha value is -3.15. The van der Waals surface area contributed by atoms with Crippen LogP contribution in [-0.2, 0) is 21.5 Å². The summed E-state index contributed by atoms with van der Waals surface area (Å²) in [4.78, 5) is 36.7. The van der Waals surface area contributed by atoms with Gasteiger partial charge in [-0.15, -0.1) is 0 Å². The van der Waals surface area contributed by atoms with E-state index in [1.54, 1.807) is 43.3 Å². The fourth-order valence-electron chi connectivity index (χ4n) is 3.11. The highest BCUT2D eigenvalue weighted by molar-refractivity contribution is 6.00. The number of carbonyl (C=O) groups excluding carboxylic acids is 2. The Balaban J connectivity index is 1.60. The number of oxazole rings is 1. The van der Waals surface area contributed by atoms with Crippen LogP contribution in [0.5, 0.6) is 0 Å². The number of carbonyl (C=O) groups is 2. The van der Waals surface area contributed by atoms with Crippen molar-refractivity contribution in [1.29, 1.82) is 0 Å². The van der Waals surface area contributed by atoms with Crippen molar-refractivity contribution in [2.75, 3.05) is 0 Å². The van der Waals surface area contributed by atoms with Gasteiger partial charge >= 0.3 is 11.7 Å². The average molecular weight is 395 g/mol. The number of fused-ring (bicyclic) bond motifs is 1. The van der Waals surface area contributed by atoms with Gasteiger partial charge in [0.05, 0.1) is 11.9 Å². The quantitative estimate of drug-likeness (QED) is 0.464. The molecule has 0 radical (unpaired) electrons. The molecule has 0 amide bonds. The van der Waals surface area contributed by atoms with E-state index in [9.17, 15) is 14.4 Å². The number of ketones is 1. The van der Waals surface area contributed by atoms with E-state index in [2.05, 4.69) is 20.8 Å². The van der Waals surface area contributed by atoms with Crippen LogP contribution in [0.2, 0.25) is 0 Å². The first-order valence-corrected chi connectivity index (χ1v) is 9.59. The summed E-state index contributed by atoms with van der Waals surface area (Å²) in [5.74, 6) is -1.33. The number of Topliss-reactive ketones (excluding diaryl/α,β-unsaturated/α-hetero) is 1. The summed E-state index contributed by atoms with van der Waals surface area (Å²) in [5.41, 5.74) is 2.70. The highest BCUT2D eigenvalue weighted by Crippen LogP contribution is 2.22. The maximum Gasteiger partial charge on any atom is 0.419 e. The van der Waals surface area contributed by atoms with Crippen LogP contribution in [0.3, 0.4) is 0 Å². The molecular formula is C23H25NO5. The van der Waals surface area contributed by atoms with E-state index in [1.165, 1.54) is 4.57 Å². The van der Waals surface area contributed by atoms with Gasteiger partial charge in [-0.05, 0) is 30.0 Å². The highest BCUT2D eigenvalue weighted by atomic mass is 16.5. The number of aryl methyl sites for hydroxylation is 1. The number of aromatic nitrogens is 1. The van der Waals surface area contributed by atoms with E-state index in [0.717, 1.165) is 5.56 Å². The molecule has 2 aromatic carbocycles. The van der Waals surface area contributed by atoms with Crippen molar-refractivity contribution >= 4 is 22.9 Å². The van der Waals surface area contributed by atoms with Gasteiger partial charge in [-0.25, -0.2) is 4.79 Å². The number of benzene rings is 2. The molecule has 6 nitrogen and oxygen atoms in total. The lowest BCUT2D eigenvalue weighted by Gasteiger charge is -2.19. The first-order valence-electron chi connectivity index (χ1n) is 9.59. The lowest BCUT2D eigenvalue weighted by atomic mass is 9.86. The molecular weight excluding hydrogens is 370 g/mol. The Morgan fingerprint density at radius 3 is 2.38 bits per heavy atom. The molecule has 0 aliphatic carbocycles. The van der Waals surface area contributed by atoms with Crippen LogP contribution in [0, 0.1) is 0 Å². The molecule has 0 aliphatic heterocycles. The Bertz CT molecular complexity index is 1080. The molecule has 1 heterocycles. The van der Waals surface area contributed by atoms with E-state index < -0.39 is 17.8 Å². The Morgan fingerprint density at radius 2 is 1.72 bits per heavy atom. The van der Waals surface area contributed by atoms with Gasteiger partial charge in [0.15, 0.2) is 11.7 Å². The molecule has 1 atom stereocenters. The maximum atomic E-state index is 12.6. The predicted octanol–water partition coefficient (Wildman–Crippen LogP) is 4.10. The second kappa shape index (κ2) is 8.07. The summed E-state index contributed by atoms with van der Waals surface area (Å²) >= 11 is 0. The van der Waals surface area contributed by atoms with Gasteiger partial charge in [0.1, 0.15) is 0 Å². The van der Waals surface area contributed by atoms with Gasteiger partial charge in [-0.1, -0.05) is 57.2 Å². The number of ether oxygens (including phenoxy) is 1. The Kier molecular flexibility index (Phi) is 5.73. The Morgan fingerprint density at radius 1 is 1.07 bits per heavy atom. The van der Waals surface area contributed by atoms with E-state index in [0.29, 0.717) is 16.7 Å². The number of hydrogen-bond donors (Lipinski definition) is 0. The van der Waals surface area contributed by atoms with Crippen LogP contribution < -0.4 is 5.76 Å². The molecule has 0 saturated heterocycles. The van der Waals surface area contributed by atoms with Crippen molar-refractivity contribution in [3.8, 4) is 0 Å². The zero-order valence-corrected chi connectivity index (χ0v) is 17.1. The molecule has 0 N–H and O–H groups in total. The third-order valence-electron chi connectivity index (χ3n) is 4.83. The number of rotatable bonds is 6. The van der Waals surface area contributed by atoms with Crippen molar-refractivity contribution in [1.82, 2.24) is 4.57 Å². The third-order valence-corrected chi connectivity index (χ3v) is 4.83. The summed E-state index contributed by atoms with van der Waals surface area (Å²) in [6.45, 7) is 7.97. The topological polar surface area (TPSA) is 78.5 Å². The van der Waals surface area contributed by atoms with Crippen LogP contribution in [-0.4, -0.2) is 22.4 Å². The standard InChI is InChI=1S/C23H25NO5/c1-15(21(26)16-9-11-17(12-10-16)23(2,3)4)28-20(25)13-14-24-18-7-5-6-8-19(18)29-22(24)27/h5-12,15H,13-14H2,1-4H3/t15-/m1/s1. The number of esters is 1. The highest BCUT2D eigenvalue weighted by Gasteiger charge is 2.21. The minimum atomic E-state index is -0.902. The molecule has 0 fully saturated rings. The van der Waals surface area contributed by atoms with Crippen LogP contribution >= 0.6 is 0 Å². The van der Waals surface area contributed by atoms with Crippen molar-refractivity contribution < 1.29 is 18.7 Å². The van der Waals surface area contributed by atoms with Gasteiger partial charge in [0.2, 0.25) is 5.78 Å². The lowest BCUT2D eigenvalue weighted by molar-refractivity contribution is -0.146. The molecule has 3 aromatic rings. The third kappa shape index (κ3) is 4.65. The summed E-state index contributed by atoms with van der Waals surface area (Å²) in [5, 5.41) is 0. The van der Waals surface area contributed by atoms with Crippen molar-refractivity contribution in [3.05, 3.63) is 70.2 Å². The molecule has 1 aromatic heterocycles. The smallest absolute Gasteiger partial charge is 0.419 e. The fraction of sp³-hybridized carbons (Fsp3) is 0.348. The van der Waals surface area contributed by atoms with Crippen LogP contribution in [0.1, 0.15) is 50.0 Å². The van der Waals surface area contributed by atoms with Crippen molar-refractivity contribution in [2.45, 2.75) is 52.2 Å². The Labute approximate surface area is 169 Å². The van der Waals surface area contributed by atoms with Gasteiger partial charge in [0, 0.05) is 12.1 Å². The van der Waals surface area contributed by atoms with E-state index in [-0.39, 0.29) is 24.2 Å². The molecule has 0 saturated carbocycles. The van der Waals surface area contributed by atoms with E-state index in [4.69, 9.17) is 9.15 Å². The second-order valence-electron chi connectivity index (χ2n) is 8.06. The first-order chi connectivity index (χ1) is 13.7. The second-order valence-corrected chi connectivity index (χ2v) is 8.06. The van der Waals surface area contributed by atoms with Crippen LogP contribution in [0.15, 0.2) is 57.7 Å². The lowest BCUT2D eigenvalue weighted by Crippen LogP contribution is -2.26. The predicted molar refractivity (Wildman–Crippen MR) is 110 cm³/mol. The molecule has 0 spiro atoms. The maximum absolute atomic E-state index is 12.6. The fourth-order valence-corrected chi connectivity index (χ4v) is 3.11. The zero-order chi connectivity index (χ0) is 21.2. The molecule has 152 valence electrons. The largest absolute Gasteiger partial charge is 0.454 e. The molecule has 0 aliphatic rings. The molecule has 0 unspecified atom stereocenters.